The van der Waals surface area contributed by atoms with Crippen LogP contribution in [0.3, 0.4) is 0 Å². The Labute approximate surface area is 209 Å². The highest BCUT2D eigenvalue weighted by Gasteiger charge is 2.28. The molecule has 0 saturated carbocycles. The largest absolute Gasteiger partial charge is 0.466 e. The van der Waals surface area contributed by atoms with Gasteiger partial charge >= 0.3 is 12.0 Å². The van der Waals surface area contributed by atoms with Crippen LogP contribution in [0.1, 0.15) is 58.1 Å². The predicted molar refractivity (Wildman–Crippen MR) is 141 cm³/mol. The van der Waals surface area contributed by atoms with Crippen LogP contribution in [-0.2, 0) is 19.7 Å². The van der Waals surface area contributed by atoms with E-state index in [9.17, 15) is 9.59 Å². The summed E-state index contributed by atoms with van der Waals surface area (Å²) in [4.78, 5) is 27.6. The van der Waals surface area contributed by atoms with Gasteiger partial charge in [-0.15, -0.1) is 0 Å². The summed E-state index contributed by atoms with van der Waals surface area (Å²) < 4.78 is 10.8. The Morgan fingerprint density at radius 3 is 2.37 bits per heavy atom. The zero-order chi connectivity index (χ0) is 25.4. The average molecular weight is 482 g/mol. The van der Waals surface area contributed by atoms with Gasteiger partial charge in [0.1, 0.15) is 0 Å². The summed E-state index contributed by atoms with van der Waals surface area (Å²) in [6.45, 7) is 12.6. The molecule has 1 heterocycles. The monoisotopic (exact) mass is 481 g/mol. The van der Waals surface area contributed by atoms with E-state index in [-0.39, 0.29) is 18.4 Å². The standard InChI is InChI=1S/C28H39N3O4/c1-6-31(23-14-16-34-17-15-23)25-13-10-21(28(4,5)19-26(32)35-7-2)18-24(25)30-27(33)29-22-11-8-20(3)9-12-22/h8-13,18,23H,6-7,14-17,19H2,1-5H3,(H2,29,30,33). The van der Waals surface area contributed by atoms with Crippen LogP contribution in [0.15, 0.2) is 42.5 Å². The molecule has 1 fully saturated rings. The van der Waals surface area contributed by atoms with Crippen LogP contribution in [0.5, 0.6) is 0 Å². The first-order valence-corrected chi connectivity index (χ1v) is 12.5. The number of carbonyl (C=O) groups is 2. The van der Waals surface area contributed by atoms with Crippen LogP contribution in [0.4, 0.5) is 21.9 Å². The van der Waals surface area contributed by atoms with Crippen molar-refractivity contribution in [2.45, 2.75) is 65.3 Å². The quantitative estimate of drug-likeness (QED) is 0.438. The Morgan fingerprint density at radius 2 is 1.74 bits per heavy atom. The van der Waals surface area contributed by atoms with Crippen molar-refractivity contribution in [3.05, 3.63) is 53.6 Å². The van der Waals surface area contributed by atoms with E-state index in [2.05, 4.69) is 34.6 Å². The molecule has 1 aliphatic heterocycles. The highest BCUT2D eigenvalue weighted by molar-refractivity contribution is 6.02. The third-order valence-corrected chi connectivity index (χ3v) is 6.51. The van der Waals surface area contributed by atoms with Gasteiger partial charge < -0.3 is 25.0 Å². The van der Waals surface area contributed by atoms with Gasteiger partial charge in [0.2, 0.25) is 0 Å². The topological polar surface area (TPSA) is 79.9 Å². The predicted octanol–water partition coefficient (Wildman–Crippen LogP) is 5.88. The van der Waals surface area contributed by atoms with E-state index in [1.807, 2.05) is 58.0 Å². The molecule has 1 aliphatic rings. The van der Waals surface area contributed by atoms with Gasteiger partial charge in [-0.1, -0.05) is 37.6 Å². The number of esters is 1. The maximum absolute atomic E-state index is 13.0. The molecule has 1 saturated heterocycles. The number of rotatable bonds is 9. The SMILES string of the molecule is CCOC(=O)CC(C)(C)c1ccc(N(CC)C2CCOCC2)c(NC(=O)Nc2ccc(C)cc2)c1. The molecular formula is C28H39N3O4. The first kappa shape index (κ1) is 26.5. The molecule has 0 spiro atoms. The fraction of sp³-hybridized carbons (Fsp3) is 0.500. The van der Waals surface area contributed by atoms with Crippen molar-refractivity contribution < 1.29 is 19.1 Å². The molecule has 2 aromatic carbocycles. The van der Waals surface area contributed by atoms with Crippen LogP contribution < -0.4 is 15.5 Å². The summed E-state index contributed by atoms with van der Waals surface area (Å²) in [6.07, 6.45) is 2.14. The lowest BCUT2D eigenvalue weighted by atomic mass is 9.81. The lowest BCUT2D eigenvalue weighted by molar-refractivity contribution is -0.144. The zero-order valence-corrected chi connectivity index (χ0v) is 21.6. The molecule has 190 valence electrons. The van der Waals surface area contributed by atoms with Crippen LogP contribution in [0.25, 0.3) is 0 Å². The first-order valence-electron chi connectivity index (χ1n) is 12.5. The minimum absolute atomic E-state index is 0.231. The third kappa shape index (κ3) is 7.21. The summed E-state index contributed by atoms with van der Waals surface area (Å²) in [6, 6.07) is 13.8. The molecule has 0 bridgehead atoms. The van der Waals surface area contributed by atoms with Crippen molar-refractivity contribution in [3.8, 4) is 0 Å². The number of amides is 2. The van der Waals surface area contributed by atoms with Crippen LogP contribution in [-0.4, -0.2) is 44.4 Å². The van der Waals surface area contributed by atoms with Gasteiger partial charge in [0.25, 0.3) is 0 Å². The van der Waals surface area contributed by atoms with E-state index in [1.165, 1.54) is 0 Å². The Bertz CT molecular complexity index is 998. The molecule has 2 N–H and O–H groups in total. The second-order valence-electron chi connectivity index (χ2n) is 9.67. The minimum atomic E-state index is -0.454. The molecule has 0 atom stereocenters. The molecule has 35 heavy (non-hydrogen) atoms. The van der Waals surface area contributed by atoms with Crippen LogP contribution in [0, 0.1) is 6.92 Å². The van der Waals surface area contributed by atoms with Gasteiger partial charge in [0.05, 0.1) is 24.4 Å². The van der Waals surface area contributed by atoms with E-state index >= 15 is 0 Å². The van der Waals surface area contributed by atoms with E-state index in [4.69, 9.17) is 9.47 Å². The van der Waals surface area contributed by atoms with Gasteiger partial charge in [-0.2, -0.15) is 0 Å². The van der Waals surface area contributed by atoms with Gasteiger partial charge in [0.15, 0.2) is 0 Å². The fourth-order valence-corrected chi connectivity index (χ4v) is 4.53. The van der Waals surface area contributed by atoms with Crippen molar-refractivity contribution in [3.63, 3.8) is 0 Å². The summed E-state index contributed by atoms with van der Waals surface area (Å²) in [7, 11) is 0. The van der Waals surface area contributed by atoms with Gasteiger partial charge in [-0.25, -0.2) is 4.79 Å². The number of anilines is 3. The number of nitrogens with zero attached hydrogens (tertiary/aromatic N) is 1. The van der Waals surface area contributed by atoms with Crippen molar-refractivity contribution in [1.29, 1.82) is 0 Å². The second-order valence-corrected chi connectivity index (χ2v) is 9.67. The van der Waals surface area contributed by atoms with E-state index in [0.29, 0.717) is 12.6 Å². The lowest BCUT2D eigenvalue weighted by Gasteiger charge is -2.37. The maximum Gasteiger partial charge on any atom is 0.323 e. The molecule has 2 amide bonds. The van der Waals surface area contributed by atoms with Gasteiger partial charge in [-0.05, 0) is 63.4 Å². The summed E-state index contributed by atoms with van der Waals surface area (Å²) >= 11 is 0. The number of aryl methyl sites for hydroxylation is 1. The molecule has 0 radical (unpaired) electrons. The van der Waals surface area contributed by atoms with E-state index in [0.717, 1.165) is 60.8 Å². The highest BCUT2D eigenvalue weighted by atomic mass is 16.5. The summed E-state index contributed by atoms with van der Waals surface area (Å²) in [5.74, 6) is -0.231. The number of hydrogen-bond donors (Lipinski definition) is 2. The highest BCUT2D eigenvalue weighted by Crippen LogP contribution is 2.36. The van der Waals surface area contributed by atoms with Gasteiger partial charge in [0, 0.05) is 36.9 Å². The van der Waals surface area contributed by atoms with Crippen LogP contribution in [0.2, 0.25) is 0 Å². The molecule has 0 aliphatic carbocycles. The molecule has 0 unspecified atom stereocenters. The second kappa shape index (κ2) is 12.1. The summed E-state index contributed by atoms with van der Waals surface area (Å²) in [5, 5.41) is 6.01. The minimum Gasteiger partial charge on any atom is -0.466 e. The van der Waals surface area contributed by atoms with E-state index < -0.39 is 5.41 Å². The van der Waals surface area contributed by atoms with Crippen molar-refractivity contribution >= 4 is 29.1 Å². The molecular weight excluding hydrogens is 442 g/mol. The van der Waals surface area contributed by atoms with Crippen molar-refractivity contribution in [2.24, 2.45) is 0 Å². The molecule has 3 rings (SSSR count). The Hall–Kier alpha value is -3.06. The Kier molecular flexibility index (Phi) is 9.15. The third-order valence-electron chi connectivity index (χ3n) is 6.51. The normalized spacial score (nSPS) is 14.3. The van der Waals surface area contributed by atoms with Gasteiger partial charge in [-0.3, -0.25) is 4.79 Å². The number of ether oxygens (including phenoxy) is 2. The van der Waals surface area contributed by atoms with Crippen LogP contribution >= 0.6 is 0 Å². The number of hydrogen-bond acceptors (Lipinski definition) is 5. The first-order chi connectivity index (χ1) is 16.7. The van der Waals surface area contributed by atoms with Crippen molar-refractivity contribution in [2.75, 3.05) is 41.9 Å². The zero-order valence-electron chi connectivity index (χ0n) is 21.6. The Morgan fingerprint density at radius 1 is 1.06 bits per heavy atom. The lowest BCUT2D eigenvalue weighted by Crippen LogP contribution is -2.40. The molecule has 2 aromatic rings. The average Bonchev–Trinajstić information content (AvgIpc) is 2.82. The van der Waals surface area contributed by atoms with E-state index in [1.54, 1.807) is 0 Å². The molecule has 7 nitrogen and oxygen atoms in total. The van der Waals surface area contributed by atoms with Crippen molar-refractivity contribution in [1.82, 2.24) is 0 Å². The summed E-state index contributed by atoms with van der Waals surface area (Å²) in [5.41, 5.74) is 4.05. The smallest absolute Gasteiger partial charge is 0.323 e. The Balaban J connectivity index is 1.91. The number of benzene rings is 2. The molecule has 7 heteroatoms. The maximum atomic E-state index is 13.0. The fourth-order valence-electron chi connectivity index (χ4n) is 4.53. The number of carbonyl (C=O) groups excluding carboxylic acids is 2. The number of nitrogens with one attached hydrogen (secondary N) is 2. The molecule has 0 aromatic heterocycles. The number of urea groups is 1.